The Morgan fingerprint density at radius 3 is 1.11 bits per heavy atom. The Labute approximate surface area is 826 Å². The number of aliphatic hydroxyl groups is 3. The van der Waals surface area contributed by atoms with Crippen LogP contribution in [-0.4, -0.2) is 348 Å². The second kappa shape index (κ2) is 63.2. The summed E-state index contributed by atoms with van der Waals surface area (Å²) in [6, 6.07) is -16.8. The molecule has 0 unspecified atom stereocenters. The van der Waals surface area contributed by atoms with Crippen molar-refractivity contribution in [2.24, 2.45) is 40.7 Å². The Morgan fingerprint density at radius 1 is 0.361 bits per heavy atom. The number of hydrogen-bond donors (Lipinski definition) is 30. The van der Waals surface area contributed by atoms with Crippen LogP contribution in [0.3, 0.4) is 0 Å². The molecule has 34 N–H and O–H groups in total. The van der Waals surface area contributed by atoms with Gasteiger partial charge in [0.25, 0.3) is 0 Å². The van der Waals surface area contributed by atoms with Crippen molar-refractivity contribution in [1.82, 2.24) is 95.3 Å². The average Bonchev–Trinajstić information content (AvgIpc) is 1.68. The maximum absolute atomic E-state index is 15.1. The molecular weight excluding hydrogens is 1910 g/mol. The van der Waals surface area contributed by atoms with Gasteiger partial charge in [-0.05, 0) is 132 Å². The van der Waals surface area contributed by atoms with Crippen molar-refractivity contribution in [2.45, 2.75) is 267 Å². The van der Waals surface area contributed by atoms with Crippen molar-refractivity contribution in [3.63, 3.8) is 0 Å². The van der Waals surface area contributed by atoms with E-state index in [0.717, 1.165) is 4.90 Å². The number of amides is 19. The van der Waals surface area contributed by atoms with E-state index < -0.39 is 341 Å². The summed E-state index contributed by atoms with van der Waals surface area (Å²) >= 11 is 0. The molecule has 0 saturated carbocycles. The lowest BCUT2D eigenvalue weighted by atomic mass is 10.00. The van der Waals surface area contributed by atoms with Crippen molar-refractivity contribution in [2.75, 3.05) is 52.5 Å². The Hall–Kier alpha value is -14.7. The molecule has 17 atom stereocenters. The van der Waals surface area contributed by atoms with Gasteiger partial charge in [0.05, 0.1) is 58.1 Å². The first kappa shape index (κ1) is 123. The molecule has 0 aliphatic carbocycles. The zero-order valence-corrected chi connectivity index (χ0v) is 80.7. The number of nitrogens with one attached hydrogen (secondary N) is 17. The summed E-state index contributed by atoms with van der Waals surface area (Å²) in [5, 5.41) is 128. The lowest BCUT2D eigenvalue weighted by molar-refractivity contribution is -0.143. The molecule has 0 radical (unpaired) electrons. The van der Waals surface area contributed by atoms with Crippen LogP contribution in [0.1, 0.15) is 162 Å². The summed E-state index contributed by atoms with van der Waals surface area (Å²) in [5.41, 5.74) is 23.2. The number of carbonyl (C=O) groups is 24. The molecule has 3 rings (SSSR count). The molecule has 0 spiro atoms. The highest BCUT2D eigenvalue weighted by atomic mass is 16.4. The molecule has 2 aromatic rings. The first-order chi connectivity index (χ1) is 67.8. The number of nitrogens with two attached hydrogens (primary N) is 4. The van der Waals surface area contributed by atoms with Crippen LogP contribution in [-0.2, 0) is 128 Å². The number of likely N-dealkylation sites (tertiary alicyclic amines) is 1. The van der Waals surface area contributed by atoms with Crippen LogP contribution in [0, 0.1) is 17.8 Å². The Bertz CT molecular complexity index is 4780. The van der Waals surface area contributed by atoms with Gasteiger partial charge >= 0.3 is 29.8 Å². The quantitative estimate of drug-likeness (QED) is 0.0274. The summed E-state index contributed by atoms with van der Waals surface area (Å²) in [4.78, 5) is 324. The predicted molar refractivity (Wildman–Crippen MR) is 501 cm³/mol. The average molecular weight is 2040 g/mol. The monoisotopic (exact) mass is 2040 g/mol. The minimum atomic E-state index is -2.16. The van der Waals surface area contributed by atoms with Gasteiger partial charge < -0.3 is 164 Å². The van der Waals surface area contributed by atoms with Crippen molar-refractivity contribution in [3.8, 4) is 5.75 Å². The number of hydrogen-bond acceptors (Lipinski definition) is 31. The number of carbonyl (C=O) groups excluding carboxylic acids is 19. The molecule has 144 heavy (non-hydrogen) atoms. The third kappa shape index (κ3) is 45.0. The maximum atomic E-state index is 15.1. The summed E-state index contributed by atoms with van der Waals surface area (Å²) in [6.07, 6.45) is -6.81. The fourth-order valence-corrected chi connectivity index (χ4v) is 14.4. The van der Waals surface area contributed by atoms with Gasteiger partial charge in [0.15, 0.2) is 0 Å². The molecule has 1 saturated heterocycles. The van der Waals surface area contributed by atoms with Gasteiger partial charge in [0.1, 0.15) is 109 Å². The smallest absolute Gasteiger partial charge is 0.322 e. The van der Waals surface area contributed by atoms with Gasteiger partial charge in [0, 0.05) is 25.8 Å². The van der Waals surface area contributed by atoms with Crippen molar-refractivity contribution < 1.29 is 161 Å². The molecule has 19 amide bonds. The van der Waals surface area contributed by atoms with E-state index in [4.69, 9.17) is 28.0 Å². The van der Waals surface area contributed by atoms with Crippen LogP contribution in [0.2, 0.25) is 0 Å². The van der Waals surface area contributed by atoms with E-state index in [1.165, 1.54) is 43.3 Å². The van der Waals surface area contributed by atoms with Gasteiger partial charge in [-0.3, -0.25) is 115 Å². The Kier molecular flexibility index (Phi) is 54.2. The second-order valence-electron chi connectivity index (χ2n) is 35.3. The number of nitrogens with zero attached hydrogens (tertiary/aromatic N) is 1. The van der Waals surface area contributed by atoms with Crippen LogP contribution >= 0.6 is 0 Å². The molecule has 55 nitrogen and oxygen atoms in total. The topological polar surface area (TPSA) is 904 Å². The highest BCUT2D eigenvalue weighted by Crippen LogP contribution is 2.23. The van der Waals surface area contributed by atoms with Crippen molar-refractivity contribution >= 4 is 142 Å². The van der Waals surface area contributed by atoms with Gasteiger partial charge in [-0.2, -0.15) is 0 Å². The minimum Gasteiger partial charge on any atom is -0.508 e. The number of carboxylic acids is 5. The number of aromatic hydroxyl groups is 1. The van der Waals surface area contributed by atoms with E-state index in [9.17, 15) is 151 Å². The molecule has 1 aliphatic heterocycles. The number of benzene rings is 2. The van der Waals surface area contributed by atoms with Gasteiger partial charge in [-0.15, -0.1) is 0 Å². The highest BCUT2D eigenvalue weighted by molar-refractivity contribution is 6.03. The van der Waals surface area contributed by atoms with Crippen molar-refractivity contribution in [3.05, 3.63) is 65.7 Å². The van der Waals surface area contributed by atoms with E-state index in [1.807, 2.05) is 21.3 Å². The van der Waals surface area contributed by atoms with Gasteiger partial charge in [-0.25, -0.2) is 0 Å². The first-order valence-electron chi connectivity index (χ1n) is 46.3. The fourth-order valence-electron chi connectivity index (χ4n) is 14.4. The van der Waals surface area contributed by atoms with E-state index in [-0.39, 0.29) is 88.2 Å². The van der Waals surface area contributed by atoms with E-state index >= 15 is 4.79 Å². The molecule has 55 heteroatoms. The number of primary amides is 1. The van der Waals surface area contributed by atoms with Crippen LogP contribution in [0.4, 0.5) is 0 Å². The maximum Gasteiger partial charge on any atom is 0.322 e. The largest absolute Gasteiger partial charge is 0.508 e. The van der Waals surface area contributed by atoms with E-state index in [2.05, 4.69) is 69.1 Å². The normalized spacial score (nSPS) is 15.5. The lowest BCUT2D eigenvalue weighted by Gasteiger charge is -2.31. The summed E-state index contributed by atoms with van der Waals surface area (Å²) in [7, 11) is 0. The third-order valence-electron chi connectivity index (χ3n) is 21.9. The molecule has 1 fully saturated rings. The SMILES string of the molecule is CC(C)C[C@H](NC(=O)[C@H](CC(=O)O)NC(=O)[C@H](Cc1ccccc1)NC(=O)[C@@H]1CCCN1C(=O)[C@H](Cc1ccc(O)cc1)NC(=O)[C@H](CC(N)=O)NC(=O)CNC(=O)[C@H](CC(=O)O)NC(=O)[C@H](CO)NC(=O)[C@H](CO)NC(=O)[C@H](CC(C)C)NC(=O)[C@H](CCCCN)NC(=O)[C@@H](NC(=O)[C@H](C)N)C(C)C)C(=O)N[C@@H](CO)C(=O)N[C@@H](CCCCN)C(=O)N[C@@H](CCC(=O)O)C(=O)N[C@@H](CC(=O)O)C(=O)NCC(=O)O. The zero-order chi connectivity index (χ0) is 108. The lowest BCUT2D eigenvalue weighted by Crippen LogP contribution is -2.61. The van der Waals surface area contributed by atoms with Gasteiger partial charge in [0.2, 0.25) is 112 Å². The summed E-state index contributed by atoms with van der Waals surface area (Å²) in [6.45, 7) is 5.27. The van der Waals surface area contributed by atoms with Crippen LogP contribution in [0.25, 0.3) is 0 Å². The third-order valence-corrected chi connectivity index (χ3v) is 21.9. The molecule has 2 aromatic carbocycles. The molecule has 1 aliphatic rings. The number of phenolic OH excluding ortho intramolecular Hbond substituents is 1. The Morgan fingerprint density at radius 2 is 0.715 bits per heavy atom. The standard InChI is InChI=1S/C89H136N22O33/c1-43(2)30-53(100-77(132)51(19-12-14-28-91)99-88(143)72(45(5)6)110-73(128)46(7)92)79(134)108-63(42-114)86(141)109-62(41-113)85(140)103-57(35-68(120)121)74(129)94-38-66(117)96-56(34-65(93)116)82(137)106-60(33-48-21-23-49(115)24-22-48)89(144)111-29-15-20-64(111)87(142)105-55(32-47-16-9-8-10-17-47)81(136)104-59(37-70(124)125)83(138)101-54(31-44(3)4)80(135)107-61(40-112)84(139)97-50(18-11-13-27-90)76(131)98-52(25-26-67(118)119)78(133)102-58(36-69(122)123)75(130)95-39-71(126)127/h8-10,16-17,21-24,43-46,50-64,72,112-115H,11-15,18-20,25-42,90-92H2,1-7H3,(H2,93,116)(H,94,129)(H,95,130)(H,96,117)(H,97,139)(H,98,131)(H,99,143)(H,100,132)(H,101,138)(H,102,133)(H,103,140)(H,104,136)(H,105,142)(H,106,137)(H,107,135)(H,108,134)(H,109,141)(H,110,128)(H,118,119)(H,120,121)(H,122,123)(H,124,125)(H,126,127)/t46-,50-,51-,52-,53-,54-,55-,56-,57-,58-,59-,60-,61-,62-,63-,64-,72-/m0/s1. The number of carboxylic acid groups (broad SMARTS) is 5. The highest BCUT2D eigenvalue weighted by Gasteiger charge is 2.44. The molecule has 0 bridgehead atoms. The summed E-state index contributed by atoms with van der Waals surface area (Å²) < 4.78 is 0. The summed E-state index contributed by atoms with van der Waals surface area (Å²) in [5.74, 6) is -32.3. The number of rotatable bonds is 67. The number of unbranched alkanes of at least 4 members (excludes halogenated alkanes) is 2. The predicted octanol–water partition coefficient (Wildman–Crippen LogP) is -10.7. The zero-order valence-electron chi connectivity index (χ0n) is 80.7. The number of aliphatic hydroxyl groups excluding tert-OH is 3. The molecular formula is C89H136N22O33. The molecule has 800 valence electrons. The van der Waals surface area contributed by atoms with Crippen LogP contribution < -0.4 is 113 Å². The van der Waals surface area contributed by atoms with Crippen LogP contribution in [0.5, 0.6) is 5.75 Å². The minimum absolute atomic E-state index is 0.00504. The van der Waals surface area contributed by atoms with Crippen LogP contribution in [0.15, 0.2) is 54.6 Å². The number of phenols is 1. The Balaban J connectivity index is 1.92. The molecule has 1 heterocycles. The first-order valence-corrected chi connectivity index (χ1v) is 46.3. The molecule has 0 aromatic heterocycles. The second-order valence-corrected chi connectivity index (χ2v) is 35.3. The van der Waals surface area contributed by atoms with E-state index in [0.29, 0.717) is 18.4 Å². The fraction of sp³-hybridized carbons (Fsp3) is 0.596. The van der Waals surface area contributed by atoms with Gasteiger partial charge in [-0.1, -0.05) is 84.0 Å². The number of aliphatic carboxylic acids is 5. The van der Waals surface area contributed by atoms with Crippen molar-refractivity contribution in [1.29, 1.82) is 0 Å². The van der Waals surface area contributed by atoms with E-state index in [1.54, 1.807) is 59.7 Å².